The lowest BCUT2D eigenvalue weighted by atomic mass is 9.98. The van der Waals surface area contributed by atoms with Crippen LogP contribution in [0.1, 0.15) is 39.7 Å². The summed E-state index contributed by atoms with van der Waals surface area (Å²) in [5, 5.41) is 0.111. The van der Waals surface area contributed by atoms with Crippen LogP contribution in [0.15, 0.2) is 67.0 Å². The number of aryl methyl sites for hydroxylation is 1. The Kier molecular flexibility index (Phi) is 6.61. The van der Waals surface area contributed by atoms with Crippen molar-refractivity contribution in [3.8, 4) is 0 Å². The molecule has 1 aliphatic rings. The van der Waals surface area contributed by atoms with Gasteiger partial charge >= 0.3 is 11.9 Å². The fraction of sp³-hybridized carbons (Fsp3) is 0.269. The van der Waals surface area contributed by atoms with Crippen molar-refractivity contribution < 1.29 is 28.2 Å². The molecule has 0 bridgehead atoms. The Morgan fingerprint density at radius 1 is 1.05 bits per heavy atom. The third kappa shape index (κ3) is 4.77. The zero-order valence-corrected chi connectivity index (χ0v) is 20.6. The predicted molar refractivity (Wildman–Crippen MR) is 131 cm³/mol. The van der Waals surface area contributed by atoms with E-state index in [1.54, 1.807) is 67.6 Å². The molecular weight excluding hydrogens is 503 g/mol. The van der Waals surface area contributed by atoms with Crippen LogP contribution in [0.2, 0.25) is 5.15 Å². The van der Waals surface area contributed by atoms with Gasteiger partial charge in [0.15, 0.2) is 28.8 Å². The maximum Gasteiger partial charge on any atom is 0.338 e. The Labute approximate surface area is 216 Å². The molecule has 0 amide bonds. The lowest BCUT2D eigenvalue weighted by Gasteiger charge is -2.27. The number of alkyl halides is 1. The molecule has 4 aromatic rings. The maximum atomic E-state index is 16.5. The highest BCUT2D eigenvalue weighted by Crippen LogP contribution is 2.44. The molecule has 37 heavy (non-hydrogen) atoms. The summed E-state index contributed by atoms with van der Waals surface area (Å²) >= 11 is 6.20. The molecule has 0 spiro atoms. The monoisotopic (exact) mass is 524 g/mol. The Bertz CT molecular complexity index is 1450. The first-order valence-corrected chi connectivity index (χ1v) is 11.8. The molecule has 1 saturated heterocycles. The van der Waals surface area contributed by atoms with Crippen molar-refractivity contribution in [2.75, 3.05) is 6.61 Å². The Hall–Kier alpha value is -3.89. The number of hydrogen-bond donors (Lipinski definition) is 0. The second-order valence-corrected chi connectivity index (χ2v) is 9.08. The highest BCUT2D eigenvalue weighted by Gasteiger charge is 2.58. The number of imidazole rings is 1. The van der Waals surface area contributed by atoms with Crippen LogP contribution in [0.25, 0.3) is 11.2 Å². The average Bonchev–Trinajstić information content (AvgIpc) is 3.41. The van der Waals surface area contributed by atoms with E-state index in [1.807, 2.05) is 0 Å². The summed E-state index contributed by atoms with van der Waals surface area (Å²) in [5.74, 6) is -1.00. The summed E-state index contributed by atoms with van der Waals surface area (Å²) in [6.07, 6.45) is -2.54. The molecule has 0 saturated carbocycles. The molecule has 190 valence electrons. The largest absolute Gasteiger partial charge is 0.459 e. The zero-order valence-electron chi connectivity index (χ0n) is 19.9. The van der Waals surface area contributed by atoms with Crippen molar-refractivity contribution in [1.29, 1.82) is 0 Å². The summed E-state index contributed by atoms with van der Waals surface area (Å²) in [7, 11) is 0. The van der Waals surface area contributed by atoms with Crippen molar-refractivity contribution in [2.45, 2.75) is 38.0 Å². The minimum Gasteiger partial charge on any atom is -0.459 e. The molecule has 2 aromatic heterocycles. The quantitative estimate of drug-likeness (QED) is 0.268. The molecule has 5 rings (SSSR count). The summed E-state index contributed by atoms with van der Waals surface area (Å²) in [5.41, 5.74) is -1.19. The molecule has 1 aliphatic heterocycles. The smallest absolute Gasteiger partial charge is 0.338 e. The van der Waals surface area contributed by atoms with Crippen LogP contribution < -0.4 is 0 Å². The normalized spacial score (nSPS) is 23.2. The second kappa shape index (κ2) is 9.87. The molecule has 3 heterocycles. The van der Waals surface area contributed by atoms with Crippen LogP contribution >= 0.6 is 11.6 Å². The van der Waals surface area contributed by atoms with Crippen LogP contribution in [0.5, 0.6) is 0 Å². The predicted octanol–water partition coefficient (Wildman–Crippen LogP) is 4.50. The van der Waals surface area contributed by atoms with Gasteiger partial charge in [-0.1, -0.05) is 48.0 Å². The van der Waals surface area contributed by atoms with Gasteiger partial charge in [-0.3, -0.25) is 4.57 Å². The third-order valence-corrected chi connectivity index (χ3v) is 6.32. The summed E-state index contributed by atoms with van der Waals surface area (Å²) in [4.78, 5) is 38.1. The topological polar surface area (TPSA) is 105 Å². The average molecular weight is 525 g/mol. The number of ether oxygens (including phenoxy) is 3. The van der Waals surface area contributed by atoms with E-state index >= 15 is 4.39 Å². The van der Waals surface area contributed by atoms with Crippen LogP contribution in [-0.4, -0.2) is 55.9 Å². The fourth-order valence-corrected chi connectivity index (χ4v) is 4.51. The summed E-state index contributed by atoms with van der Waals surface area (Å²) < 4.78 is 35.0. The molecule has 0 N–H and O–H groups in total. The first kappa shape index (κ1) is 24.8. The van der Waals surface area contributed by atoms with Crippen molar-refractivity contribution in [1.82, 2.24) is 19.5 Å². The van der Waals surface area contributed by atoms with Gasteiger partial charge in [0.1, 0.15) is 24.1 Å². The van der Waals surface area contributed by atoms with Gasteiger partial charge in [-0.15, -0.1) is 0 Å². The van der Waals surface area contributed by atoms with E-state index in [9.17, 15) is 9.59 Å². The van der Waals surface area contributed by atoms with E-state index in [0.717, 1.165) is 0 Å². The van der Waals surface area contributed by atoms with E-state index in [4.69, 9.17) is 25.8 Å². The second-order valence-electron chi connectivity index (χ2n) is 8.72. The highest BCUT2D eigenvalue weighted by molar-refractivity contribution is 6.33. The fourth-order valence-electron chi connectivity index (χ4n) is 4.26. The SMILES string of the molecule is Cc1nc(Cl)c2ncn([C@@H]3O[C@H](COC(=O)c4ccccc4)[C@@H](OC(=O)c4ccccc4)[C@@]3(C)F)c2n1. The molecule has 9 nitrogen and oxygen atoms in total. The van der Waals surface area contributed by atoms with Crippen molar-refractivity contribution in [3.63, 3.8) is 0 Å². The number of benzene rings is 2. The van der Waals surface area contributed by atoms with E-state index < -0.39 is 36.0 Å². The molecule has 0 unspecified atom stereocenters. The Balaban J connectivity index is 1.47. The van der Waals surface area contributed by atoms with Gasteiger partial charge in [0.05, 0.1) is 17.5 Å². The lowest BCUT2D eigenvalue weighted by Crippen LogP contribution is -2.44. The number of halogens is 2. The summed E-state index contributed by atoms with van der Waals surface area (Å²) in [6, 6.07) is 16.5. The van der Waals surface area contributed by atoms with Gasteiger partial charge in [-0.2, -0.15) is 0 Å². The minimum atomic E-state index is -2.27. The Morgan fingerprint density at radius 2 is 1.68 bits per heavy atom. The van der Waals surface area contributed by atoms with Gasteiger partial charge in [0.25, 0.3) is 0 Å². The van der Waals surface area contributed by atoms with Crippen LogP contribution in [-0.2, 0) is 14.2 Å². The zero-order chi connectivity index (χ0) is 26.2. The number of carbonyl (C=O) groups is 2. The molecule has 1 fully saturated rings. The number of aromatic nitrogens is 4. The molecule has 4 atom stereocenters. The van der Waals surface area contributed by atoms with E-state index in [2.05, 4.69) is 15.0 Å². The van der Waals surface area contributed by atoms with Gasteiger partial charge < -0.3 is 14.2 Å². The summed E-state index contributed by atoms with van der Waals surface area (Å²) in [6.45, 7) is 2.53. The van der Waals surface area contributed by atoms with Crippen molar-refractivity contribution in [2.24, 2.45) is 0 Å². The van der Waals surface area contributed by atoms with Gasteiger partial charge in [-0.05, 0) is 38.1 Å². The molecular formula is C26H22ClFN4O5. The van der Waals surface area contributed by atoms with Gasteiger partial charge in [-0.25, -0.2) is 28.9 Å². The number of esters is 2. The molecule has 0 radical (unpaired) electrons. The van der Waals surface area contributed by atoms with Crippen LogP contribution in [0, 0.1) is 6.92 Å². The van der Waals surface area contributed by atoms with Gasteiger partial charge in [0.2, 0.25) is 0 Å². The Morgan fingerprint density at radius 3 is 2.32 bits per heavy atom. The molecule has 2 aromatic carbocycles. The number of nitrogens with zero attached hydrogens (tertiary/aromatic N) is 4. The van der Waals surface area contributed by atoms with E-state index in [0.29, 0.717) is 11.4 Å². The number of rotatable bonds is 6. The molecule has 11 heteroatoms. The van der Waals surface area contributed by atoms with Crippen LogP contribution in [0.4, 0.5) is 4.39 Å². The lowest BCUT2D eigenvalue weighted by molar-refractivity contribution is -0.0611. The van der Waals surface area contributed by atoms with Crippen molar-refractivity contribution >= 4 is 34.7 Å². The van der Waals surface area contributed by atoms with E-state index in [-0.39, 0.29) is 28.5 Å². The maximum absolute atomic E-state index is 16.5. The number of hydrogen-bond acceptors (Lipinski definition) is 8. The van der Waals surface area contributed by atoms with E-state index in [1.165, 1.54) is 17.8 Å². The number of fused-ring (bicyclic) bond motifs is 1. The van der Waals surface area contributed by atoms with Crippen molar-refractivity contribution in [3.05, 3.63) is 89.1 Å². The standard InChI is InChI=1S/C26H22ClFN4O5/c1-15-30-21(27)19-22(31-15)32(14-29-19)25-26(2,28)20(37-24(34)17-11-7-4-8-12-17)18(36-25)13-35-23(33)16-9-5-3-6-10-16/h3-12,14,18,20,25H,13H2,1-2H3/t18-,20-,25-,26-/m1/s1. The van der Waals surface area contributed by atoms with Gasteiger partial charge in [0, 0.05) is 0 Å². The minimum absolute atomic E-state index is 0.111. The highest BCUT2D eigenvalue weighted by atomic mass is 35.5. The number of carbonyl (C=O) groups excluding carboxylic acids is 2. The first-order valence-electron chi connectivity index (χ1n) is 11.4. The third-order valence-electron chi connectivity index (χ3n) is 6.06. The van der Waals surface area contributed by atoms with Crippen LogP contribution in [0.3, 0.4) is 0 Å². The molecule has 0 aliphatic carbocycles. The first-order chi connectivity index (χ1) is 17.8.